The Balaban J connectivity index is 2.47. The van der Waals surface area contributed by atoms with Crippen molar-refractivity contribution in [2.75, 3.05) is 20.6 Å². The highest BCUT2D eigenvalue weighted by atomic mass is 15.1. The largest absolute Gasteiger partial charge is 0.312 e. The molecule has 0 spiro atoms. The molecule has 2 heteroatoms. The van der Waals surface area contributed by atoms with Crippen LogP contribution in [0.25, 0.3) is 0 Å². The van der Waals surface area contributed by atoms with Crippen LogP contribution in [0.5, 0.6) is 0 Å². The summed E-state index contributed by atoms with van der Waals surface area (Å²) in [5.41, 5.74) is 1.39. The third kappa shape index (κ3) is 6.22. The molecule has 0 saturated carbocycles. The molecule has 0 aliphatic heterocycles. The molecule has 0 saturated heterocycles. The third-order valence-corrected chi connectivity index (χ3v) is 3.64. The van der Waals surface area contributed by atoms with Crippen molar-refractivity contribution in [1.82, 2.24) is 10.2 Å². The highest BCUT2D eigenvalue weighted by Gasteiger charge is 2.14. The third-order valence-electron chi connectivity index (χ3n) is 3.64. The maximum atomic E-state index is 3.68. The van der Waals surface area contributed by atoms with Gasteiger partial charge in [0.1, 0.15) is 0 Å². The molecule has 0 aliphatic rings. The zero-order valence-electron chi connectivity index (χ0n) is 13.2. The second-order valence-electron chi connectivity index (χ2n) is 6.17. The predicted molar refractivity (Wildman–Crippen MR) is 84.4 cm³/mol. The van der Waals surface area contributed by atoms with E-state index in [0.29, 0.717) is 12.1 Å². The average Bonchev–Trinajstić information content (AvgIpc) is 2.37. The SMILES string of the molecule is CC(C)CCC(C)NCC(c1ccccc1)N(C)C. The van der Waals surface area contributed by atoms with Crippen molar-refractivity contribution >= 4 is 0 Å². The fourth-order valence-electron chi connectivity index (χ4n) is 2.27. The van der Waals surface area contributed by atoms with Crippen molar-refractivity contribution in [3.8, 4) is 0 Å². The van der Waals surface area contributed by atoms with E-state index in [0.717, 1.165) is 12.5 Å². The van der Waals surface area contributed by atoms with Crippen molar-refractivity contribution in [2.45, 2.75) is 45.7 Å². The Morgan fingerprint density at radius 3 is 2.16 bits per heavy atom. The molecule has 0 aliphatic carbocycles. The lowest BCUT2D eigenvalue weighted by molar-refractivity contribution is 0.277. The predicted octanol–water partition coefficient (Wildman–Crippen LogP) is 3.70. The van der Waals surface area contributed by atoms with E-state index in [4.69, 9.17) is 0 Å². The monoisotopic (exact) mass is 262 g/mol. The molecule has 1 aromatic carbocycles. The second kappa shape index (κ2) is 8.34. The lowest BCUT2D eigenvalue weighted by atomic mass is 10.0. The van der Waals surface area contributed by atoms with Gasteiger partial charge in [-0.05, 0) is 45.3 Å². The molecule has 2 nitrogen and oxygen atoms in total. The molecule has 0 heterocycles. The number of hydrogen-bond acceptors (Lipinski definition) is 2. The first-order valence-corrected chi connectivity index (χ1v) is 7.45. The van der Waals surface area contributed by atoms with E-state index in [1.54, 1.807) is 0 Å². The maximum Gasteiger partial charge on any atom is 0.0466 e. The first-order chi connectivity index (χ1) is 9.00. The van der Waals surface area contributed by atoms with Crippen molar-refractivity contribution in [2.24, 2.45) is 5.92 Å². The summed E-state index contributed by atoms with van der Waals surface area (Å²) >= 11 is 0. The molecular weight excluding hydrogens is 232 g/mol. The Morgan fingerprint density at radius 1 is 1.00 bits per heavy atom. The van der Waals surface area contributed by atoms with Gasteiger partial charge < -0.3 is 10.2 Å². The molecule has 2 atom stereocenters. The Kier molecular flexibility index (Phi) is 7.11. The molecule has 0 fully saturated rings. The summed E-state index contributed by atoms with van der Waals surface area (Å²) < 4.78 is 0. The summed E-state index contributed by atoms with van der Waals surface area (Å²) in [5, 5.41) is 3.68. The number of benzene rings is 1. The lowest BCUT2D eigenvalue weighted by Gasteiger charge is -2.27. The molecule has 0 aromatic heterocycles. The zero-order chi connectivity index (χ0) is 14.3. The number of hydrogen-bond donors (Lipinski definition) is 1. The van der Waals surface area contributed by atoms with Crippen molar-refractivity contribution in [3.05, 3.63) is 35.9 Å². The molecular formula is C17H30N2. The highest BCUT2D eigenvalue weighted by Crippen LogP contribution is 2.17. The highest BCUT2D eigenvalue weighted by molar-refractivity contribution is 5.19. The van der Waals surface area contributed by atoms with Crippen molar-refractivity contribution < 1.29 is 0 Å². The molecule has 108 valence electrons. The normalized spacial score (nSPS) is 14.9. The van der Waals surface area contributed by atoms with E-state index in [2.05, 4.69) is 75.4 Å². The van der Waals surface area contributed by atoms with E-state index in [9.17, 15) is 0 Å². The van der Waals surface area contributed by atoms with E-state index in [1.165, 1.54) is 18.4 Å². The minimum Gasteiger partial charge on any atom is -0.312 e. The number of nitrogens with zero attached hydrogens (tertiary/aromatic N) is 1. The Bertz CT molecular complexity index is 332. The van der Waals surface area contributed by atoms with Crippen LogP contribution < -0.4 is 5.32 Å². The van der Waals surface area contributed by atoms with Gasteiger partial charge in [0.2, 0.25) is 0 Å². The van der Waals surface area contributed by atoms with E-state index in [1.807, 2.05) is 0 Å². The molecule has 2 unspecified atom stereocenters. The van der Waals surface area contributed by atoms with Crippen LogP contribution in [0.4, 0.5) is 0 Å². The fourth-order valence-corrected chi connectivity index (χ4v) is 2.27. The van der Waals surface area contributed by atoms with Crippen LogP contribution in [0.3, 0.4) is 0 Å². The fraction of sp³-hybridized carbons (Fsp3) is 0.647. The summed E-state index contributed by atoms with van der Waals surface area (Å²) in [4.78, 5) is 2.29. The topological polar surface area (TPSA) is 15.3 Å². The molecule has 1 rings (SSSR count). The van der Waals surface area contributed by atoms with Crippen LogP contribution >= 0.6 is 0 Å². The zero-order valence-corrected chi connectivity index (χ0v) is 13.2. The number of rotatable bonds is 8. The van der Waals surface area contributed by atoms with Gasteiger partial charge in [0.05, 0.1) is 0 Å². The summed E-state index contributed by atoms with van der Waals surface area (Å²) in [6.07, 6.45) is 2.55. The van der Waals surface area contributed by atoms with Crippen LogP contribution in [0.15, 0.2) is 30.3 Å². The number of nitrogens with one attached hydrogen (secondary N) is 1. The summed E-state index contributed by atoms with van der Waals surface area (Å²) in [6, 6.07) is 11.8. The lowest BCUT2D eigenvalue weighted by Crippen LogP contribution is -2.35. The summed E-state index contributed by atoms with van der Waals surface area (Å²) in [5.74, 6) is 0.794. The maximum absolute atomic E-state index is 3.68. The Morgan fingerprint density at radius 2 is 1.63 bits per heavy atom. The van der Waals surface area contributed by atoms with E-state index in [-0.39, 0.29) is 0 Å². The Labute approximate surface area is 119 Å². The van der Waals surface area contributed by atoms with Crippen LogP contribution in [0.1, 0.15) is 45.2 Å². The van der Waals surface area contributed by atoms with E-state index >= 15 is 0 Å². The van der Waals surface area contributed by atoms with Gasteiger partial charge in [-0.25, -0.2) is 0 Å². The van der Waals surface area contributed by atoms with Crippen molar-refractivity contribution in [3.63, 3.8) is 0 Å². The van der Waals surface area contributed by atoms with Gasteiger partial charge in [-0.1, -0.05) is 44.2 Å². The second-order valence-corrected chi connectivity index (χ2v) is 6.17. The van der Waals surface area contributed by atoms with Crippen LogP contribution in [0, 0.1) is 5.92 Å². The van der Waals surface area contributed by atoms with Gasteiger partial charge in [-0.3, -0.25) is 0 Å². The van der Waals surface area contributed by atoms with E-state index < -0.39 is 0 Å². The van der Waals surface area contributed by atoms with Gasteiger partial charge in [0.25, 0.3) is 0 Å². The molecule has 1 N–H and O–H groups in total. The van der Waals surface area contributed by atoms with Gasteiger partial charge in [0, 0.05) is 18.6 Å². The van der Waals surface area contributed by atoms with Crippen LogP contribution in [0.2, 0.25) is 0 Å². The van der Waals surface area contributed by atoms with Crippen LogP contribution in [-0.4, -0.2) is 31.6 Å². The molecule has 19 heavy (non-hydrogen) atoms. The minimum absolute atomic E-state index is 0.447. The summed E-state index contributed by atoms with van der Waals surface area (Å²) in [7, 11) is 4.30. The minimum atomic E-state index is 0.447. The average molecular weight is 262 g/mol. The molecule has 0 radical (unpaired) electrons. The van der Waals surface area contributed by atoms with Crippen LogP contribution in [-0.2, 0) is 0 Å². The summed E-state index contributed by atoms with van der Waals surface area (Å²) in [6.45, 7) is 7.88. The molecule has 0 bridgehead atoms. The quantitative estimate of drug-likeness (QED) is 0.768. The standard InChI is InChI=1S/C17H30N2/c1-14(2)11-12-15(3)18-13-17(19(4)5)16-9-7-6-8-10-16/h6-10,14-15,17-18H,11-13H2,1-5H3. The van der Waals surface area contributed by atoms with Crippen molar-refractivity contribution in [1.29, 1.82) is 0 Å². The number of likely N-dealkylation sites (N-methyl/N-ethyl adjacent to an activating group) is 1. The van der Waals surface area contributed by atoms with Gasteiger partial charge in [-0.2, -0.15) is 0 Å². The smallest absolute Gasteiger partial charge is 0.0466 e. The first kappa shape index (κ1) is 16.2. The molecule has 1 aromatic rings. The first-order valence-electron chi connectivity index (χ1n) is 7.45. The van der Waals surface area contributed by atoms with Gasteiger partial charge in [0.15, 0.2) is 0 Å². The van der Waals surface area contributed by atoms with Gasteiger partial charge >= 0.3 is 0 Å². The molecule has 0 amide bonds. The van der Waals surface area contributed by atoms with Gasteiger partial charge in [-0.15, -0.1) is 0 Å². The Hall–Kier alpha value is -0.860.